The van der Waals surface area contributed by atoms with Gasteiger partial charge in [-0.2, -0.15) is 9.82 Å². The summed E-state index contributed by atoms with van der Waals surface area (Å²) < 4.78 is 33.9. The molecule has 0 radical (unpaired) electrons. The number of aromatic nitrogens is 3. The van der Waals surface area contributed by atoms with Crippen LogP contribution in [0.4, 0.5) is 5.82 Å². The molecule has 3 aromatic rings. The molecular formula is C24H28N6O6S. The van der Waals surface area contributed by atoms with Crippen LogP contribution in [0.1, 0.15) is 28.0 Å². The fourth-order valence-corrected chi connectivity index (χ4v) is 5.02. The van der Waals surface area contributed by atoms with E-state index in [0.29, 0.717) is 18.7 Å². The van der Waals surface area contributed by atoms with E-state index in [0.717, 1.165) is 30.9 Å². The number of hydrogen-bond donors (Lipinski definition) is 4. The van der Waals surface area contributed by atoms with Crippen molar-refractivity contribution in [1.29, 1.82) is 0 Å². The van der Waals surface area contributed by atoms with E-state index < -0.39 is 34.5 Å². The van der Waals surface area contributed by atoms with Crippen molar-refractivity contribution in [2.24, 2.45) is 0 Å². The Hall–Kier alpha value is -3.97. The van der Waals surface area contributed by atoms with Gasteiger partial charge in [-0.15, -0.1) is 0 Å². The van der Waals surface area contributed by atoms with Crippen LogP contribution in [0.25, 0.3) is 0 Å². The van der Waals surface area contributed by atoms with Gasteiger partial charge in [0.15, 0.2) is 0 Å². The van der Waals surface area contributed by atoms with Gasteiger partial charge in [0.1, 0.15) is 17.6 Å². The number of sulfonamides is 1. The summed E-state index contributed by atoms with van der Waals surface area (Å²) in [5.74, 6) is -0.630. The van der Waals surface area contributed by atoms with Crippen molar-refractivity contribution in [3.8, 4) is 5.75 Å². The summed E-state index contributed by atoms with van der Waals surface area (Å²) in [5, 5.41) is 19.4. The fraction of sp³-hybridized carbons (Fsp3) is 0.333. The summed E-state index contributed by atoms with van der Waals surface area (Å²) in [7, 11) is -2.70. The van der Waals surface area contributed by atoms with Gasteiger partial charge in [-0.1, -0.05) is 6.07 Å². The summed E-state index contributed by atoms with van der Waals surface area (Å²) >= 11 is 0. The molecule has 1 atom stereocenters. The van der Waals surface area contributed by atoms with Crippen molar-refractivity contribution >= 4 is 27.7 Å². The van der Waals surface area contributed by atoms with Crippen LogP contribution in [-0.4, -0.2) is 66.4 Å². The second-order valence-electron chi connectivity index (χ2n) is 8.48. The number of aryl methyl sites for hydroxylation is 3. The van der Waals surface area contributed by atoms with Crippen LogP contribution in [0.3, 0.4) is 0 Å². The predicted octanol–water partition coefficient (Wildman–Crippen LogP) is 1.05. The molecule has 0 aliphatic carbocycles. The molecule has 12 nitrogen and oxygen atoms in total. The molecule has 0 saturated heterocycles. The highest BCUT2D eigenvalue weighted by atomic mass is 32.2. The first-order valence-corrected chi connectivity index (χ1v) is 13.2. The summed E-state index contributed by atoms with van der Waals surface area (Å²) in [6.07, 6.45) is 5.64. The maximum Gasteiger partial charge on any atom is 0.323 e. The largest absolute Gasteiger partial charge is 0.497 e. The number of anilines is 1. The quantitative estimate of drug-likeness (QED) is 0.285. The number of benzene rings is 1. The van der Waals surface area contributed by atoms with Gasteiger partial charge in [0.2, 0.25) is 10.0 Å². The maximum atomic E-state index is 12.6. The number of pyridine rings is 1. The molecule has 0 unspecified atom stereocenters. The highest BCUT2D eigenvalue weighted by Crippen LogP contribution is 2.20. The normalized spacial score (nSPS) is 13.8. The van der Waals surface area contributed by atoms with E-state index in [-0.39, 0.29) is 10.5 Å². The Balaban J connectivity index is 1.32. The Morgan fingerprint density at radius 2 is 2.00 bits per heavy atom. The first kappa shape index (κ1) is 26.1. The minimum Gasteiger partial charge on any atom is -0.497 e. The Bertz CT molecular complexity index is 1370. The van der Waals surface area contributed by atoms with Crippen molar-refractivity contribution in [3.63, 3.8) is 0 Å². The monoisotopic (exact) mass is 528 g/mol. The molecule has 13 heteroatoms. The topological polar surface area (TPSA) is 165 Å². The van der Waals surface area contributed by atoms with Crippen LogP contribution >= 0.6 is 0 Å². The van der Waals surface area contributed by atoms with E-state index >= 15 is 0 Å². The number of hydrogen-bond acceptors (Lipinski definition) is 8. The van der Waals surface area contributed by atoms with E-state index in [9.17, 15) is 23.1 Å². The van der Waals surface area contributed by atoms with Gasteiger partial charge in [-0.05, 0) is 48.7 Å². The van der Waals surface area contributed by atoms with Crippen LogP contribution in [0, 0.1) is 0 Å². The Kier molecular flexibility index (Phi) is 8.04. The third-order valence-corrected chi connectivity index (χ3v) is 7.36. The summed E-state index contributed by atoms with van der Waals surface area (Å²) in [6.45, 7) is 0.950. The lowest BCUT2D eigenvalue weighted by atomic mass is 10.1. The van der Waals surface area contributed by atoms with Gasteiger partial charge < -0.3 is 20.5 Å². The van der Waals surface area contributed by atoms with E-state index in [1.807, 2.05) is 6.07 Å². The van der Waals surface area contributed by atoms with Gasteiger partial charge in [0.05, 0.1) is 23.8 Å². The summed E-state index contributed by atoms with van der Waals surface area (Å²) in [4.78, 5) is 28.7. The molecule has 1 amide bonds. The van der Waals surface area contributed by atoms with Crippen molar-refractivity contribution in [3.05, 3.63) is 65.6 Å². The fourth-order valence-electron chi connectivity index (χ4n) is 3.83. The molecule has 0 saturated carbocycles. The van der Waals surface area contributed by atoms with E-state index in [1.54, 1.807) is 10.9 Å². The van der Waals surface area contributed by atoms with Gasteiger partial charge in [0.25, 0.3) is 5.91 Å². The van der Waals surface area contributed by atoms with E-state index in [1.165, 1.54) is 43.1 Å². The van der Waals surface area contributed by atoms with E-state index in [2.05, 4.69) is 31.5 Å². The van der Waals surface area contributed by atoms with Crippen molar-refractivity contribution in [2.45, 2.75) is 36.7 Å². The van der Waals surface area contributed by atoms with Crippen LogP contribution in [0.2, 0.25) is 0 Å². The van der Waals surface area contributed by atoms with Crippen LogP contribution < -0.4 is 20.1 Å². The molecule has 3 heterocycles. The molecule has 196 valence electrons. The Morgan fingerprint density at radius 3 is 2.73 bits per heavy atom. The predicted molar refractivity (Wildman–Crippen MR) is 134 cm³/mol. The number of nitrogens with zero attached hydrogens (tertiary/aromatic N) is 3. The molecule has 4 N–H and O–H groups in total. The first-order chi connectivity index (χ1) is 17.7. The molecule has 1 aromatic carbocycles. The molecule has 2 aromatic heterocycles. The third-order valence-electron chi connectivity index (χ3n) is 5.88. The zero-order valence-electron chi connectivity index (χ0n) is 20.2. The van der Waals surface area contributed by atoms with Crippen molar-refractivity contribution < 1.29 is 27.9 Å². The number of carboxylic acid groups (broad SMARTS) is 1. The van der Waals surface area contributed by atoms with Crippen LogP contribution in [-0.2, 0) is 34.2 Å². The smallest absolute Gasteiger partial charge is 0.323 e. The highest BCUT2D eigenvalue weighted by molar-refractivity contribution is 7.89. The minimum atomic E-state index is -4.14. The second-order valence-corrected chi connectivity index (χ2v) is 10.2. The molecule has 0 bridgehead atoms. The third kappa shape index (κ3) is 6.62. The van der Waals surface area contributed by atoms with Gasteiger partial charge in [0, 0.05) is 37.9 Å². The second kappa shape index (κ2) is 11.4. The lowest BCUT2D eigenvalue weighted by molar-refractivity contribution is -0.138. The molecule has 0 spiro atoms. The number of methoxy groups -OCH3 is 1. The number of ether oxygens (including phenoxy) is 1. The average molecular weight is 529 g/mol. The molecule has 1 aliphatic heterocycles. The van der Waals surface area contributed by atoms with Crippen LogP contribution in [0.5, 0.6) is 5.75 Å². The average Bonchev–Trinajstić information content (AvgIpc) is 3.38. The number of amides is 1. The number of carboxylic acids is 1. The van der Waals surface area contributed by atoms with Crippen molar-refractivity contribution in [2.75, 3.05) is 25.5 Å². The molecular weight excluding hydrogens is 500 g/mol. The standard InChI is InChI=1S/C24H28N6O6S/c1-36-19-6-8-20(9-7-19)37(34,35)29-21(24(32)33)14-26-23(31)17-13-27-30(15-17)12-10-18-5-4-16-3-2-11-25-22(16)28-18/h4-9,13,15,21,29H,2-3,10-12,14H2,1H3,(H,25,28)(H,26,31)(H,32,33)/t21-/m0/s1. The number of carbonyl (C=O) groups is 2. The van der Waals surface area contributed by atoms with Gasteiger partial charge in [-0.3, -0.25) is 14.3 Å². The SMILES string of the molecule is COc1ccc(S(=O)(=O)N[C@@H](CNC(=O)c2cnn(CCc3ccc4c(n3)NCCC4)c2)C(=O)O)cc1. The molecule has 37 heavy (non-hydrogen) atoms. The molecule has 1 aliphatic rings. The number of nitrogens with one attached hydrogen (secondary N) is 3. The summed E-state index contributed by atoms with van der Waals surface area (Å²) in [5.41, 5.74) is 2.34. The maximum absolute atomic E-state index is 12.6. The number of carbonyl (C=O) groups excluding carboxylic acids is 1. The number of rotatable bonds is 11. The zero-order valence-corrected chi connectivity index (χ0v) is 21.0. The lowest BCUT2D eigenvalue weighted by Crippen LogP contribution is -2.48. The summed E-state index contributed by atoms with van der Waals surface area (Å²) in [6, 6.07) is 7.97. The highest BCUT2D eigenvalue weighted by Gasteiger charge is 2.26. The number of aliphatic carboxylic acids is 1. The first-order valence-electron chi connectivity index (χ1n) is 11.7. The molecule has 0 fully saturated rings. The molecule has 4 rings (SSSR count). The van der Waals surface area contributed by atoms with Crippen LogP contribution in [0.15, 0.2) is 53.7 Å². The number of fused-ring (bicyclic) bond motifs is 1. The Morgan fingerprint density at radius 1 is 1.22 bits per heavy atom. The zero-order chi connectivity index (χ0) is 26.4. The Labute approximate surface area is 214 Å². The van der Waals surface area contributed by atoms with E-state index in [4.69, 9.17) is 4.74 Å². The minimum absolute atomic E-state index is 0.128. The van der Waals surface area contributed by atoms with Gasteiger partial charge >= 0.3 is 5.97 Å². The lowest BCUT2D eigenvalue weighted by Gasteiger charge is -2.17. The van der Waals surface area contributed by atoms with Crippen molar-refractivity contribution in [1.82, 2.24) is 24.8 Å². The van der Waals surface area contributed by atoms with Gasteiger partial charge in [-0.25, -0.2) is 13.4 Å².